The monoisotopic (exact) mass is 583 g/mol. The van der Waals surface area contributed by atoms with Gasteiger partial charge in [0, 0.05) is 12.6 Å². The number of rotatable bonds is 13. The molecule has 1 N–H and O–H groups in total. The second kappa shape index (κ2) is 14.1. The molecule has 41 heavy (non-hydrogen) atoms. The van der Waals surface area contributed by atoms with E-state index in [2.05, 4.69) is 5.32 Å². The molecule has 8 nitrogen and oxygen atoms in total. The van der Waals surface area contributed by atoms with E-state index in [4.69, 9.17) is 4.74 Å². The Morgan fingerprint density at radius 1 is 0.927 bits per heavy atom. The van der Waals surface area contributed by atoms with Gasteiger partial charge in [0.2, 0.25) is 11.8 Å². The van der Waals surface area contributed by atoms with E-state index in [1.54, 1.807) is 6.92 Å². The zero-order chi connectivity index (χ0) is 30.2. The van der Waals surface area contributed by atoms with Crippen LogP contribution < -0.4 is 14.4 Å². The summed E-state index contributed by atoms with van der Waals surface area (Å²) >= 11 is 0. The maximum atomic E-state index is 13.9. The smallest absolute Gasteiger partial charge is 0.264 e. The molecule has 0 radical (unpaired) electrons. The van der Waals surface area contributed by atoms with Gasteiger partial charge in [-0.2, -0.15) is 0 Å². The van der Waals surface area contributed by atoms with E-state index in [-0.39, 0.29) is 29.1 Å². The van der Waals surface area contributed by atoms with Gasteiger partial charge < -0.3 is 15.0 Å². The van der Waals surface area contributed by atoms with Crippen molar-refractivity contribution < 1.29 is 27.1 Å². The summed E-state index contributed by atoms with van der Waals surface area (Å²) in [7, 11) is -4.27. The number of hydrogen-bond acceptors (Lipinski definition) is 5. The molecular formula is C31H38FN3O5S. The third-order valence-electron chi connectivity index (χ3n) is 6.76. The van der Waals surface area contributed by atoms with Crippen molar-refractivity contribution >= 4 is 27.5 Å². The van der Waals surface area contributed by atoms with Gasteiger partial charge in [-0.05, 0) is 88.2 Å². The molecular weight excluding hydrogens is 545 g/mol. The lowest BCUT2D eigenvalue weighted by Gasteiger charge is -2.32. The fourth-order valence-electron chi connectivity index (χ4n) is 4.08. The molecule has 0 saturated carbocycles. The number of carbonyl (C=O) groups excluding carboxylic acids is 2. The summed E-state index contributed by atoms with van der Waals surface area (Å²) < 4.78 is 47.9. The van der Waals surface area contributed by atoms with Gasteiger partial charge in [-0.15, -0.1) is 0 Å². The Morgan fingerprint density at radius 2 is 1.54 bits per heavy atom. The van der Waals surface area contributed by atoms with E-state index in [0.29, 0.717) is 18.8 Å². The molecule has 0 aliphatic carbocycles. The lowest BCUT2D eigenvalue weighted by molar-refractivity contribution is -0.139. The molecule has 0 aromatic heterocycles. The summed E-state index contributed by atoms with van der Waals surface area (Å²) in [5.41, 5.74) is 1.94. The van der Waals surface area contributed by atoms with E-state index in [1.165, 1.54) is 41.3 Å². The highest BCUT2D eigenvalue weighted by Gasteiger charge is 2.33. The first-order valence-electron chi connectivity index (χ1n) is 13.6. The predicted molar refractivity (Wildman–Crippen MR) is 158 cm³/mol. The second-order valence-electron chi connectivity index (χ2n) is 9.89. The Labute approximate surface area is 242 Å². The van der Waals surface area contributed by atoms with Crippen molar-refractivity contribution in [2.24, 2.45) is 0 Å². The Hall–Kier alpha value is -3.92. The van der Waals surface area contributed by atoms with Crippen molar-refractivity contribution in [1.29, 1.82) is 0 Å². The molecule has 0 bridgehead atoms. The number of sulfonamides is 1. The highest BCUT2D eigenvalue weighted by atomic mass is 32.2. The number of nitrogens with one attached hydrogen (secondary N) is 1. The van der Waals surface area contributed by atoms with Crippen LogP contribution in [0.25, 0.3) is 0 Å². The molecule has 0 heterocycles. The normalized spacial score (nSPS) is 12.7. The van der Waals surface area contributed by atoms with Gasteiger partial charge >= 0.3 is 0 Å². The lowest BCUT2D eigenvalue weighted by atomic mass is 10.1. The average Bonchev–Trinajstić information content (AvgIpc) is 2.96. The Bertz CT molecular complexity index is 1410. The number of anilines is 1. The van der Waals surface area contributed by atoms with Gasteiger partial charge in [-0.1, -0.05) is 36.8 Å². The third-order valence-corrected chi connectivity index (χ3v) is 8.55. The largest absolute Gasteiger partial charge is 0.494 e. The zero-order valence-corrected chi connectivity index (χ0v) is 24.9. The number of amides is 2. The van der Waals surface area contributed by atoms with Gasteiger partial charge in [-0.25, -0.2) is 12.8 Å². The number of ether oxygens (including phenoxy) is 1. The number of benzene rings is 3. The van der Waals surface area contributed by atoms with Crippen LogP contribution >= 0.6 is 0 Å². The first kappa shape index (κ1) is 31.6. The molecule has 2 amide bonds. The predicted octanol–water partition coefficient (Wildman–Crippen LogP) is 5.06. The molecule has 0 aliphatic rings. The van der Waals surface area contributed by atoms with Crippen LogP contribution in [0.3, 0.4) is 0 Å². The summed E-state index contributed by atoms with van der Waals surface area (Å²) in [5.74, 6) is -0.977. The minimum absolute atomic E-state index is 0.0641. The summed E-state index contributed by atoms with van der Waals surface area (Å²) in [6.45, 7) is 9.10. The lowest BCUT2D eigenvalue weighted by Crippen LogP contribution is -2.52. The molecule has 3 aromatic carbocycles. The molecule has 3 rings (SSSR count). The molecule has 220 valence electrons. The summed E-state index contributed by atoms with van der Waals surface area (Å²) in [4.78, 5) is 28.3. The summed E-state index contributed by atoms with van der Waals surface area (Å²) in [5, 5.41) is 2.90. The molecule has 0 unspecified atom stereocenters. The first-order valence-corrected chi connectivity index (χ1v) is 15.1. The SMILES string of the molecule is CCOc1ccc(S(=O)(=O)N(CC(=O)N(Cc2ccc(C)cc2)[C@H](C)C(=O)N[C@H](C)CC)c2ccc(F)cc2)cc1. The number of nitrogens with zero attached hydrogens (tertiary/aromatic N) is 2. The minimum Gasteiger partial charge on any atom is -0.494 e. The van der Waals surface area contributed by atoms with Crippen molar-refractivity contribution in [1.82, 2.24) is 10.2 Å². The van der Waals surface area contributed by atoms with Gasteiger partial charge in [0.25, 0.3) is 10.0 Å². The topological polar surface area (TPSA) is 96.0 Å². The highest BCUT2D eigenvalue weighted by molar-refractivity contribution is 7.92. The van der Waals surface area contributed by atoms with Crippen LogP contribution in [-0.2, 0) is 26.2 Å². The van der Waals surface area contributed by atoms with Crippen LogP contribution in [-0.4, -0.2) is 50.4 Å². The van der Waals surface area contributed by atoms with Crippen molar-refractivity contribution in [3.05, 3.63) is 89.7 Å². The van der Waals surface area contributed by atoms with Crippen molar-refractivity contribution in [3.63, 3.8) is 0 Å². The number of hydrogen-bond donors (Lipinski definition) is 1. The van der Waals surface area contributed by atoms with E-state index in [0.717, 1.165) is 27.6 Å². The molecule has 3 aromatic rings. The Kier molecular flexibility index (Phi) is 10.9. The van der Waals surface area contributed by atoms with Crippen LogP contribution in [0.5, 0.6) is 5.75 Å². The van der Waals surface area contributed by atoms with E-state index < -0.39 is 34.3 Å². The molecule has 10 heteroatoms. The van der Waals surface area contributed by atoms with Crippen molar-refractivity contribution in [2.45, 2.75) is 64.6 Å². The van der Waals surface area contributed by atoms with Gasteiger partial charge in [0.05, 0.1) is 17.2 Å². The van der Waals surface area contributed by atoms with Gasteiger partial charge in [-0.3, -0.25) is 13.9 Å². The average molecular weight is 584 g/mol. The molecule has 0 fully saturated rings. The zero-order valence-electron chi connectivity index (χ0n) is 24.1. The fourth-order valence-corrected chi connectivity index (χ4v) is 5.49. The Balaban J connectivity index is 2.01. The molecule has 0 saturated heterocycles. The van der Waals surface area contributed by atoms with Gasteiger partial charge in [0.15, 0.2) is 0 Å². The van der Waals surface area contributed by atoms with E-state index in [1.807, 2.05) is 52.0 Å². The summed E-state index contributed by atoms with van der Waals surface area (Å²) in [6.07, 6.45) is 0.711. The van der Waals surface area contributed by atoms with Crippen molar-refractivity contribution in [3.8, 4) is 5.75 Å². The molecule has 0 aliphatic heterocycles. The van der Waals surface area contributed by atoms with E-state index >= 15 is 0 Å². The van der Waals surface area contributed by atoms with E-state index in [9.17, 15) is 22.4 Å². The van der Waals surface area contributed by atoms with Crippen LogP contribution in [0.1, 0.15) is 45.2 Å². The quantitative estimate of drug-likeness (QED) is 0.304. The standard InChI is InChI=1S/C31H38FN3O5S/c1-6-23(4)33-31(37)24(5)34(20-25-10-8-22(3)9-11-25)30(36)21-35(27-14-12-26(32)13-15-27)41(38,39)29-18-16-28(17-19-29)40-7-2/h8-19,23-24H,6-7,20-21H2,1-5H3,(H,33,37)/t23-,24-/m1/s1. The van der Waals surface area contributed by atoms with Gasteiger partial charge in [0.1, 0.15) is 24.2 Å². The van der Waals surface area contributed by atoms with Crippen LogP contribution in [0.4, 0.5) is 10.1 Å². The van der Waals surface area contributed by atoms with Crippen LogP contribution in [0, 0.1) is 12.7 Å². The molecule has 0 spiro atoms. The maximum Gasteiger partial charge on any atom is 0.264 e. The number of aryl methyl sites for hydroxylation is 1. The Morgan fingerprint density at radius 3 is 2.10 bits per heavy atom. The number of carbonyl (C=O) groups is 2. The molecule has 2 atom stereocenters. The fraction of sp³-hybridized carbons (Fsp3) is 0.355. The first-order chi connectivity index (χ1) is 19.5. The van der Waals surface area contributed by atoms with Crippen molar-refractivity contribution in [2.75, 3.05) is 17.5 Å². The minimum atomic E-state index is -4.27. The van der Waals surface area contributed by atoms with Crippen LogP contribution in [0.15, 0.2) is 77.7 Å². The van der Waals surface area contributed by atoms with Crippen LogP contribution in [0.2, 0.25) is 0 Å². The third kappa shape index (κ3) is 8.29. The maximum absolute atomic E-state index is 13.9. The second-order valence-corrected chi connectivity index (χ2v) is 11.8. The number of halogens is 1. The highest BCUT2D eigenvalue weighted by Crippen LogP contribution is 2.26. The summed E-state index contributed by atoms with van der Waals surface area (Å²) in [6, 6.07) is 17.3.